The molecule has 0 aromatic carbocycles. The van der Waals surface area contributed by atoms with Gasteiger partial charge in [0.25, 0.3) is 0 Å². The normalized spacial score (nSPS) is 18.3. The number of nitrogens with two attached hydrogens (primary N) is 3. The average molecular weight is 488 g/mol. The van der Waals surface area contributed by atoms with Crippen LogP contribution in [0.5, 0.6) is 0 Å². The van der Waals surface area contributed by atoms with E-state index in [1.165, 1.54) is 4.90 Å². The molecule has 1 saturated heterocycles. The number of carbonyl (C=O) groups excluding carboxylic acids is 3. The summed E-state index contributed by atoms with van der Waals surface area (Å²) in [7, 11) is 0. The predicted octanol–water partition coefficient (Wildman–Crippen LogP) is -1.61. The summed E-state index contributed by atoms with van der Waals surface area (Å²) in [5.41, 5.74) is 16.6. The van der Waals surface area contributed by atoms with Gasteiger partial charge in [-0.05, 0) is 38.0 Å². The topological polar surface area (TPSA) is 206 Å². The summed E-state index contributed by atoms with van der Waals surface area (Å²) in [6, 6.07) is -3.69. The first-order valence-electron chi connectivity index (χ1n) is 11.0. The maximum Gasteiger partial charge on any atom is 0.327 e. The number of hydrogen-bond donors (Lipinski definition) is 7. The third-order valence-corrected chi connectivity index (χ3v) is 5.62. The van der Waals surface area contributed by atoms with Gasteiger partial charge in [0.05, 0.1) is 6.04 Å². The number of aliphatic imine (C=N–C) groups is 1. The number of carbonyl (C=O) groups is 4. The van der Waals surface area contributed by atoms with Crippen molar-refractivity contribution < 1.29 is 24.3 Å². The zero-order chi connectivity index (χ0) is 25.1. The van der Waals surface area contributed by atoms with Crippen molar-refractivity contribution in [1.82, 2.24) is 15.5 Å². The Kier molecular flexibility index (Phi) is 12.0. The number of guanidine groups is 1. The SMILES string of the molecule is CC(C)CC(N)C(=O)NC(CCCN=C(N)N)C(=O)N1CCCC1C(=O)NC(CS)C(=O)O. The van der Waals surface area contributed by atoms with Crippen molar-refractivity contribution in [3.8, 4) is 0 Å². The molecule has 9 N–H and O–H groups in total. The fourth-order valence-electron chi connectivity index (χ4n) is 3.61. The van der Waals surface area contributed by atoms with Gasteiger partial charge in [-0.2, -0.15) is 12.6 Å². The second kappa shape index (κ2) is 13.9. The van der Waals surface area contributed by atoms with Crippen molar-refractivity contribution in [1.29, 1.82) is 0 Å². The van der Waals surface area contributed by atoms with Gasteiger partial charge in [-0.1, -0.05) is 13.8 Å². The highest BCUT2D eigenvalue weighted by Gasteiger charge is 2.38. The number of nitrogens with one attached hydrogen (secondary N) is 2. The Labute approximate surface area is 199 Å². The van der Waals surface area contributed by atoms with Gasteiger partial charge in [-0.15, -0.1) is 0 Å². The molecule has 3 amide bonds. The number of rotatable bonds is 13. The lowest BCUT2D eigenvalue weighted by Crippen LogP contribution is -2.57. The maximum absolute atomic E-state index is 13.3. The molecule has 4 atom stereocenters. The molecular weight excluding hydrogens is 450 g/mol. The van der Waals surface area contributed by atoms with Gasteiger partial charge in [0.15, 0.2) is 5.96 Å². The van der Waals surface area contributed by atoms with Crippen LogP contribution in [0.3, 0.4) is 0 Å². The Balaban J connectivity index is 2.96. The first-order chi connectivity index (χ1) is 15.5. The standard InChI is InChI=1S/C20H37N7O5S/c1-11(2)9-12(21)16(28)25-13(5-3-7-24-20(22)23)18(30)27-8-4-6-15(27)17(29)26-14(10-33)19(31)32/h11-15,33H,3-10,21H2,1-2H3,(H,25,28)(H,26,29)(H,31,32)(H4,22,23,24). The lowest BCUT2D eigenvalue weighted by Gasteiger charge is -2.30. The lowest BCUT2D eigenvalue weighted by atomic mass is 10.0. The van der Waals surface area contributed by atoms with Crippen molar-refractivity contribution in [2.45, 2.75) is 70.1 Å². The van der Waals surface area contributed by atoms with Crippen LogP contribution < -0.4 is 27.8 Å². The number of thiol groups is 1. The Morgan fingerprint density at radius 3 is 2.39 bits per heavy atom. The molecule has 0 radical (unpaired) electrons. The van der Waals surface area contributed by atoms with Crippen LogP contribution in [0, 0.1) is 5.92 Å². The molecular formula is C20H37N7O5S. The predicted molar refractivity (Wildman–Crippen MR) is 127 cm³/mol. The fourth-order valence-corrected chi connectivity index (χ4v) is 3.86. The molecule has 1 heterocycles. The molecule has 1 fully saturated rings. The molecule has 0 aromatic heterocycles. The summed E-state index contributed by atoms with van der Waals surface area (Å²) in [5.74, 6) is -2.62. The van der Waals surface area contributed by atoms with Crippen LogP contribution in [0.2, 0.25) is 0 Å². The number of aliphatic carboxylic acids is 1. The molecule has 0 bridgehead atoms. The molecule has 0 saturated carbocycles. The summed E-state index contributed by atoms with van der Waals surface area (Å²) < 4.78 is 0. The van der Waals surface area contributed by atoms with Crippen LogP contribution in [0.4, 0.5) is 0 Å². The zero-order valence-electron chi connectivity index (χ0n) is 19.2. The Bertz CT molecular complexity index is 730. The van der Waals surface area contributed by atoms with Gasteiger partial charge in [0.2, 0.25) is 17.7 Å². The zero-order valence-corrected chi connectivity index (χ0v) is 20.1. The summed E-state index contributed by atoms with van der Waals surface area (Å²) >= 11 is 3.95. The largest absolute Gasteiger partial charge is 0.480 e. The number of amides is 3. The van der Waals surface area contributed by atoms with Crippen LogP contribution in [0.15, 0.2) is 4.99 Å². The van der Waals surface area contributed by atoms with Crippen LogP contribution in [0.1, 0.15) is 46.0 Å². The molecule has 12 nitrogen and oxygen atoms in total. The minimum atomic E-state index is -1.21. The molecule has 13 heteroatoms. The van der Waals surface area contributed by atoms with Crippen molar-refractivity contribution >= 4 is 42.3 Å². The first kappa shape index (κ1) is 28.5. The summed E-state index contributed by atoms with van der Waals surface area (Å²) in [6.07, 6.45) is 2.08. The summed E-state index contributed by atoms with van der Waals surface area (Å²) in [4.78, 5) is 55.1. The van der Waals surface area contributed by atoms with Gasteiger partial charge in [0.1, 0.15) is 18.1 Å². The van der Waals surface area contributed by atoms with E-state index in [9.17, 15) is 19.2 Å². The highest BCUT2D eigenvalue weighted by Crippen LogP contribution is 2.20. The van der Waals surface area contributed by atoms with E-state index >= 15 is 0 Å². The molecule has 33 heavy (non-hydrogen) atoms. The van der Waals surface area contributed by atoms with Gasteiger partial charge in [-0.3, -0.25) is 19.4 Å². The van der Waals surface area contributed by atoms with Crippen LogP contribution >= 0.6 is 12.6 Å². The van der Waals surface area contributed by atoms with E-state index in [-0.39, 0.29) is 30.6 Å². The van der Waals surface area contributed by atoms with E-state index < -0.39 is 47.9 Å². The fraction of sp³-hybridized carbons (Fsp3) is 0.750. The van der Waals surface area contributed by atoms with Crippen LogP contribution in [-0.4, -0.2) is 82.7 Å². The number of nitrogens with zero attached hydrogens (tertiary/aromatic N) is 2. The lowest BCUT2D eigenvalue weighted by molar-refractivity contribution is -0.144. The molecule has 188 valence electrons. The van der Waals surface area contributed by atoms with Gasteiger partial charge in [0, 0.05) is 18.8 Å². The minimum absolute atomic E-state index is 0.0747. The quantitative estimate of drug-likeness (QED) is 0.0694. The molecule has 0 spiro atoms. The van der Waals surface area contributed by atoms with Crippen LogP contribution in [0.25, 0.3) is 0 Å². The number of carboxylic acid groups (broad SMARTS) is 1. The molecule has 4 unspecified atom stereocenters. The van der Waals surface area contributed by atoms with Gasteiger partial charge < -0.3 is 37.8 Å². The smallest absolute Gasteiger partial charge is 0.327 e. The van der Waals surface area contributed by atoms with E-state index in [1.54, 1.807) is 0 Å². The highest BCUT2D eigenvalue weighted by molar-refractivity contribution is 7.80. The van der Waals surface area contributed by atoms with Crippen molar-refractivity contribution in [2.24, 2.45) is 28.1 Å². The van der Waals surface area contributed by atoms with E-state index in [1.807, 2.05) is 13.8 Å². The first-order valence-corrected chi connectivity index (χ1v) is 11.7. The van der Waals surface area contributed by atoms with Crippen molar-refractivity contribution in [3.63, 3.8) is 0 Å². The van der Waals surface area contributed by atoms with E-state index in [0.717, 1.165) is 0 Å². The van der Waals surface area contributed by atoms with Gasteiger partial charge in [-0.25, -0.2) is 4.79 Å². The Morgan fingerprint density at radius 1 is 1.18 bits per heavy atom. The van der Waals surface area contributed by atoms with Crippen molar-refractivity contribution in [2.75, 3.05) is 18.8 Å². The Morgan fingerprint density at radius 2 is 1.85 bits per heavy atom. The number of likely N-dealkylation sites (tertiary alicyclic amines) is 1. The third kappa shape index (κ3) is 9.46. The Hall–Kier alpha value is -2.54. The molecule has 1 aliphatic rings. The molecule has 0 aromatic rings. The highest BCUT2D eigenvalue weighted by atomic mass is 32.1. The van der Waals surface area contributed by atoms with E-state index in [2.05, 4.69) is 28.3 Å². The van der Waals surface area contributed by atoms with E-state index in [0.29, 0.717) is 32.2 Å². The van der Waals surface area contributed by atoms with E-state index in [4.69, 9.17) is 22.3 Å². The molecule has 0 aliphatic carbocycles. The second-order valence-corrected chi connectivity index (χ2v) is 8.88. The number of hydrogen-bond acceptors (Lipinski definition) is 7. The molecule has 1 rings (SSSR count). The maximum atomic E-state index is 13.3. The number of carboxylic acids is 1. The average Bonchev–Trinajstić information content (AvgIpc) is 3.22. The summed E-state index contributed by atoms with van der Waals surface area (Å²) in [5, 5.41) is 14.3. The van der Waals surface area contributed by atoms with Crippen LogP contribution in [-0.2, 0) is 19.2 Å². The summed E-state index contributed by atoms with van der Waals surface area (Å²) in [6.45, 7) is 4.46. The third-order valence-electron chi connectivity index (χ3n) is 5.26. The second-order valence-electron chi connectivity index (χ2n) is 8.52. The molecule has 1 aliphatic heterocycles. The van der Waals surface area contributed by atoms with Crippen molar-refractivity contribution in [3.05, 3.63) is 0 Å². The monoisotopic (exact) mass is 487 g/mol. The minimum Gasteiger partial charge on any atom is -0.480 e. The van der Waals surface area contributed by atoms with Gasteiger partial charge >= 0.3 is 5.97 Å².